The fraction of sp³-hybridized carbons (Fsp3) is 0.250. The van der Waals surface area contributed by atoms with Gasteiger partial charge in [-0.2, -0.15) is 13.2 Å². The molecule has 1 aromatic carbocycles. The highest BCUT2D eigenvalue weighted by atomic mass is 79.9. The van der Waals surface area contributed by atoms with Gasteiger partial charge in [0.2, 0.25) is 0 Å². The van der Waals surface area contributed by atoms with Crippen molar-refractivity contribution in [3.63, 3.8) is 0 Å². The molecule has 1 N–H and O–H groups in total. The van der Waals surface area contributed by atoms with Gasteiger partial charge in [0, 0.05) is 17.2 Å². The van der Waals surface area contributed by atoms with Crippen LogP contribution in [0.3, 0.4) is 0 Å². The number of anilines is 1. The summed E-state index contributed by atoms with van der Waals surface area (Å²) in [6, 6.07) is 3.65. The molecule has 0 aliphatic rings. The maximum Gasteiger partial charge on any atom is 0.416 e. The Balaban J connectivity index is 2.18. The minimum Gasteiger partial charge on any atom is -0.378 e. The van der Waals surface area contributed by atoms with E-state index in [1.54, 1.807) is 17.7 Å². The number of hydrogen-bond acceptors (Lipinski definition) is 2. The first-order valence-electron chi connectivity index (χ1n) is 5.55. The summed E-state index contributed by atoms with van der Waals surface area (Å²) in [6.07, 6.45) is -2.90. The standard InChI is InChI=1S/C12H10BrClF3N3/c1-20-10(14)5-19-11(20)6-18-9-3-7(12(15,16)17)2-8(13)4-9/h2-5,18H,6H2,1H3. The quantitative estimate of drug-likeness (QED) is 0.866. The van der Waals surface area contributed by atoms with Crippen LogP contribution in [-0.2, 0) is 19.8 Å². The van der Waals surface area contributed by atoms with Gasteiger partial charge in [0.05, 0.1) is 18.3 Å². The summed E-state index contributed by atoms with van der Waals surface area (Å²) in [4.78, 5) is 4.06. The van der Waals surface area contributed by atoms with Crippen molar-refractivity contribution in [3.05, 3.63) is 45.4 Å². The first-order chi connectivity index (χ1) is 9.27. The number of hydrogen-bond donors (Lipinski definition) is 1. The summed E-state index contributed by atoms with van der Waals surface area (Å²) in [5.41, 5.74) is -0.363. The first kappa shape index (κ1) is 15.2. The molecule has 3 nitrogen and oxygen atoms in total. The van der Waals surface area contributed by atoms with Crippen LogP contribution >= 0.6 is 27.5 Å². The van der Waals surface area contributed by atoms with Crippen LogP contribution in [0, 0.1) is 0 Å². The molecule has 0 aliphatic heterocycles. The fourth-order valence-electron chi connectivity index (χ4n) is 1.62. The first-order valence-corrected chi connectivity index (χ1v) is 6.72. The highest BCUT2D eigenvalue weighted by Gasteiger charge is 2.31. The summed E-state index contributed by atoms with van der Waals surface area (Å²) >= 11 is 8.91. The highest BCUT2D eigenvalue weighted by Crippen LogP contribution is 2.33. The Hall–Kier alpha value is -1.21. The number of benzene rings is 1. The van der Waals surface area contributed by atoms with E-state index in [4.69, 9.17) is 11.6 Å². The molecule has 0 amide bonds. The van der Waals surface area contributed by atoms with Crippen LogP contribution in [0.25, 0.3) is 0 Å². The van der Waals surface area contributed by atoms with Crippen molar-refractivity contribution in [2.24, 2.45) is 7.05 Å². The molecule has 8 heteroatoms. The average molecular weight is 369 g/mol. The van der Waals surface area contributed by atoms with Crippen LogP contribution in [-0.4, -0.2) is 9.55 Å². The van der Waals surface area contributed by atoms with E-state index in [9.17, 15) is 13.2 Å². The lowest BCUT2D eigenvalue weighted by atomic mass is 10.2. The second kappa shape index (κ2) is 5.65. The van der Waals surface area contributed by atoms with Gasteiger partial charge in [0.1, 0.15) is 11.0 Å². The van der Waals surface area contributed by atoms with Crippen molar-refractivity contribution >= 4 is 33.2 Å². The molecule has 0 unspecified atom stereocenters. The Morgan fingerprint density at radius 1 is 1.35 bits per heavy atom. The fourth-order valence-corrected chi connectivity index (χ4v) is 2.26. The maximum absolute atomic E-state index is 12.7. The predicted molar refractivity (Wildman–Crippen MR) is 74.7 cm³/mol. The molecule has 2 rings (SSSR count). The monoisotopic (exact) mass is 367 g/mol. The zero-order valence-corrected chi connectivity index (χ0v) is 12.6. The maximum atomic E-state index is 12.7. The SMILES string of the molecule is Cn1c(Cl)cnc1CNc1cc(Br)cc(C(F)(F)F)c1. The lowest BCUT2D eigenvalue weighted by Gasteiger charge is -2.12. The number of nitrogens with one attached hydrogen (secondary N) is 1. The molecule has 1 heterocycles. The van der Waals surface area contributed by atoms with Gasteiger partial charge in [0.25, 0.3) is 0 Å². The lowest BCUT2D eigenvalue weighted by molar-refractivity contribution is -0.137. The van der Waals surface area contributed by atoms with E-state index in [0.29, 0.717) is 21.1 Å². The van der Waals surface area contributed by atoms with Crippen LogP contribution in [0.1, 0.15) is 11.4 Å². The number of rotatable bonds is 3. The average Bonchev–Trinajstić information content (AvgIpc) is 2.66. The van der Waals surface area contributed by atoms with E-state index in [-0.39, 0.29) is 6.54 Å². The highest BCUT2D eigenvalue weighted by molar-refractivity contribution is 9.10. The van der Waals surface area contributed by atoms with Gasteiger partial charge in [-0.05, 0) is 18.2 Å². The number of halogens is 5. The van der Waals surface area contributed by atoms with Gasteiger partial charge in [-0.1, -0.05) is 27.5 Å². The Morgan fingerprint density at radius 2 is 2.05 bits per heavy atom. The molecular formula is C12H10BrClF3N3. The van der Waals surface area contributed by atoms with E-state index >= 15 is 0 Å². The van der Waals surface area contributed by atoms with Crippen LogP contribution < -0.4 is 5.32 Å². The zero-order valence-electron chi connectivity index (χ0n) is 10.3. The van der Waals surface area contributed by atoms with E-state index in [1.165, 1.54) is 6.20 Å². The van der Waals surface area contributed by atoms with Crippen molar-refractivity contribution in [1.82, 2.24) is 9.55 Å². The summed E-state index contributed by atoms with van der Waals surface area (Å²) in [7, 11) is 1.73. The lowest BCUT2D eigenvalue weighted by Crippen LogP contribution is -2.09. The minimum atomic E-state index is -4.38. The second-order valence-corrected chi connectivity index (χ2v) is 5.44. The number of nitrogens with zero attached hydrogens (tertiary/aromatic N) is 2. The van der Waals surface area contributed by atoms with Crippen molar-refractivity contribution in [2.45, 2.75) is 12.7 Å². The molecule has 0 radical (unpaired) electrons. The summed E-state index contributed by atoms with van der Waals surface area (Å²) < 4.78 is 40.1. The molecular weight excluding hydrogens is 359 g/mol. The molecule has 0 bridgehead atoms. The van der Waals surface area contributed by atoms with E-state index in [1.807, 2.05) is 0 Å². The smallest absolute Gasteiger partial charge is 0.378 e. The molecule has 1 aromatic heterocycles. The molecule has 20 heavy (non-hydrogen) atoms. The third-order valence-corrected chi connectivity index (χ3v) is 3.51. The van der Waals surface area contributed by atoms with Crippen LogP contribution in [0.2, 0.25) is 5.15 Å². The number of aromatic nitrogens is 2. The molecule has 0 fully saturated rings. The van der Waals surface area contributed by atoms with E-state index < -0.39 is 11.7 Å². The molecule has 0 spiro atoms. The molecule has 0 atom stereocenters. The van der Waals surface area contributed by atoms with Gasteiger partial charge in [-0.3, -0.25) is 0 Å². The van der Waals surface area contributed by atoms with Crippen molar-refractivity contribution < 1.29 is 13.2 Å². The topological polar surface area (TPSA) is 29.9 Å². The van der Waals surface area contributed by atoms with Gasteiger partial charge < -0.3 is 9.88 Å². The van der Waals surface area contributed by atoms with Crippen LogP contribution in [0.15, 0.2) is 28.9 Å². The van der Waals surface area contributed by atoms with Gasteiger partial charge >= 0.3 is 6.18 Å². The minimum absolute atomic E-state index is 0.275. The Morgan fingerprint density at radius 3 is 2.60 bits per heavy atom. The molecule has 0 saturated carbocycles. The molecule has 0 aliphatic carbocycles. The Bertz CT molecular complexity index is 625. The molecule has 108 valence electrons. The van der Waals surface area contributed by atoms with Crippen LogP contribution in [0.4, 0.5) is 18.9 Å². The normalized spacial score (nSPS) is 11.7. The third kappa shape index (κ3) is 3.46. The second-order valence-electron chi connectivity index (χ2n) is 4.14. The van der Waals surface area contributed by atoms with Crippen molar-refractivity contribution in [3.8, 4) is 0 Å². The third-order valence-electron chi connectivity index (χ3n) is 2.70. The number of imidazole rings is 1. The molecule has 0 saturated heterocycles. The zero-order chi connectivity index (χ0) is 14.9. The number of alkyl halides is 3. The predicted octanol–water partition coefficient (Wildman–Crippen LogP) is 4.47. The van der Waals surface area contributed by atoms with Crippen molar-refractivity contribution in [1.29, 1.82) is 0 Å². The summed E-state index contributed by atoms with van der Waals surface area (Å²) in [5, 5.41) is 3.36. The summed E-state index contributed by atoms with van der Waals surface area (Å²) in [5.74, 6) is 0.628. The Kier molecular flexibility index (Phi) is 4.29. The van der Waals surface area contributed by atoms with Gasteiger partial charge in [-0.15, -0.1) is 0 Å². The van der Waals surface area contributed by atoms with Gasteiger partial charge in [0.15, 0.2) is 0 Å². The van der Waals surface area contributed by atoms with Crippen molar-refractivity contribution in [2.75, 3.05) is 5.32 Å². The van der Waals surface area contributed by atoms with Crippen LogP contribution in [0.5, 0.6) is 0 Å². The largest absolute Gasteiger partial charge is 0.416 e. The molecule has 2 aromatic rings. The van der Waals surface area contributed by atoms with E-state index in [2.05, 4.69) is 26.2 Å². The summed E-state index contributed by atoms with van der Waals surface area (Å²) in [6.45, 7) is 0.275. The van der Waals surface area contributed by atoms with Gasteiger partial charge in [-0.25, -0.2) is 4.98 Å². The van der Waals surface area contributed by atoms with E-state index in [0.717, 1.165) is 12.1 Å². The Labute approximate surface area is 126 Å².